The highest BCUT2D eigenvalue weighted by Crippen LogP contribution is 1.92. The molecule has 0 saturated heterocycles. The van der Waals surface area contributed by atoms with E-state index in [4.69, 9.17) is 5.11 Å². The highest BCUT2D eigenvalue weighted by Gasteiger charge is 1.83. The van der Waals surface area contributed by atoms with Crippen molar-refractivity contribution in [3.05, 3.63) is 0 Å². The van der Waals surface area contributed by atoms with Gasteiger partial charge in [-0.25, -0.2) is 0 Å². The van der Waals surface area contributed by atoms with Gasteiger partial charge >= 0.3 is 0 Å². The lowest BCUT2D eigenvalue weighted by atomic mass is 10.8. The third-order valence-corrected chi connectivity index (χ3v) is 0.700. The molecular weight excluding hydrogens is 146 g/mol. The van der Waals surface area contributed by atoms with Crippen LogP contribution in [0.25, 0.3) is 0 Å². The Morgan fingerprint density at radius 3 is 1.75 bits per heavy atom. The SMILES string of the molecule is NN.OCCN(S)S. The highest BCUT2D eigenvalue weighted by molar-refractivity contribution is 7.93. The van der Waals surface area contributed by atoms with Gasteiger partial charge in [-0.1, -0.05) is 25.6 Å². The highest BCUT2D eigenvalue weighted by atomic mass is 32.2. The van der Waals surface area contributed by atoms with Gasteiger partial charge in [-0.3, -0.25) is 11.7 Å². The van der Waals surface area contributed by atoms with E-state index in [1.54, 1.807) is 0 Å². The number of hydrazine groups is 1. The molecule has 0 aromatic carbocycles. The smallest absolute Gasteiger partial charge is 0.0577 e. The van der Waals surface area contributed by atoms with E-state index >= 15 is 0 Å². The topological polar surface area (TPSA) is 75.5 Å². The molecule has 8 heavy (non-hydrogen) atoms. The Morgan fingerprint density at radius 2 is 1.75 bits per heavy atom. The van der Waals surface area contributed by atoms with Crippen LogP contribution in [0.15, 0.2) is 0 Å². The number of hydrogen-bond acceptors (Lipinski definition) is 6. The molecule has 0 spiro atoms. The molecule has 0 bridgehead atoms. The van der Waals surface area contributed by atoms with E-state index in [1.165, 1.54) is 3.71 Å². The number of thiol groups is 2. The van der Waals surface area contributed by atoms with E-state index < -0.39 is 0 Å². The summed E-state index contributed by atoms with van der Waals surface area (Å²) in [6.45, 7) is 0.596. The first kappa shape index (κ1) is 11.4. The number of aliphatic hydroxyl groups is 1. The molecule has 0 rings (SSSR count). The monoisotopic (exact) mass is 157 g/mol. The van der Waals surface area contributed by atoms with Gasteiger partial charge in [0, 0.05) is 6.54 Å². The lowest BCUT2D eigenvalue weighted by Gasteiger charge is -1.99. The first-order chi connectivity index (χ1) is 3.77. The molecule has 0 heterocycles. The molecule has 4 nitrogen and oxygen atoms in total. The summed E-state index contributed by atoms with van der Waals surface area (Å²) in [5.41, 5.74) is 0. The molecule has 6 heteroatoms. The fraction of sp³-hybridized carbons (Fsp3) is 1.00. The summed E-state index contributed by atoms with van der Waals surface area (Å²) in [5.74, 6) is 8.00. The molecule has 0 unspecified atom stereocenters. The van der Waals surface area contributed by atoms with Crippen LogP contribution in [-0.2, 0) is 0 Å². The van der Waals surface area contributed by atoms with Gasteiger partial charge in [0.1, 0.15) is 0 Å². The van der Waals surface area contributed by atoms with Gasteiger partial charge in [-0.2, -0.15) is 3.71 Å². The van der Waals surface area contributed by atoms with Gasteiger partial charge in [0.2, 0.25) is 0 Å². The third-order valence-electron chi connectivity index (χ3n) is 0.300. The lowest BCUT2D eigenvalue weighted by molar-refractivity contribution is 0.289. The van der Waals surface area contributed by atoms with E-state index in [2.05, 4.69) is 37.3 Å². The molecule has 5 N–H and O–H groups in total. The van der Waals surface area contributed by atoms with Crippen LogP contribution in [0.1, 0.15) is 0 Å². The number of aliphatic hydroxyl groups excluding tert-OH is 1. The Balaban J connectivity index is 0. The van der Waals surface area contributed by atoms with Gasteiger partial charge in [0.25, 0.3) is 0 Å². The van der Waals surface area contributed by atoms with E-state index in [-0.39, 0.29) is 6.61 Å². The fourth-order valence-electron chi connectivity index (χ4n) is 0.0894. The predicted molar refractivity (Wildman–Crippen MR) is 40.1 cm³/mol. The second-order valence-corrected chi connectivity index (χ2v) is 2.10. The molecule has 0 aliphatic heterocycles. The van der Waals surface area contributed by atoms with Crippen LogP contribution in [0.4, 0.5) is 0 Å². The van der Waals surface area contributed by atoms with Gasteiger partial charge in [-0.05, 0) is 0 Å². The minimum Gasteiger partial charge on any atom is -0.395 e. The second kappa shape index (κ2) is 10.5. The molecule has 0 aromatic heterocycles. The zero-order chi connectivity index (χ0) is 6.99. The standard InChI is InChI=1S/C2H7NOS2.H4N2/c4-2-1-3(5)6;1-2/h4-6H,1-2H2;1-2H2. The zero-order valence-corrected chi connectivity index (χ0v) is 6.15. The van der Waals surface area contributed by atoms with Crippen molar-refractivity contribution in [2.45, 2.75) is 0 Å². The molecule has 0 aliphatic carbocycles. The molecule has 0 aliphatic rings. The first-order valence-corrected chi connectivity index (χ1v) is 2.67. The first-order valence-electron chi connectivity index (χ1n) is 1.87. The van der Waals surface area contributed by atoms with Crippen molar-refractivity contribution in [2.75, 3.05) is 13.2 Å². The quantitative estimate of drug-likeness (QED) is 0.198. The Hall–Kier alpha value is 0.540. The maximum Gasteiger partial charge on any atom is 0.0577 e. The van der Waals surface area contributed by atoms with E-state index in [0.29, 0.717) is 6.54 Å². The van der Waals surface area contributed by atoms with Crippen molar-refractivity contribution >= 4 is 25.6 Å². The predicted octanol–water partition coefficient (Wildman–Crippen LogP) is -1.21. The van der Waals surface area contributed by atoms with Crippen LogP contribution in [0.3, 0.4) is 0 Å². The fourth-order valence-corrected chi connectivity index (χ4v) is 0.268. The Kier molecular flexibility index (Phi) is 14.9. The van der Waals surface area contributed by atoms with Gasteiger partial charge < -0.3 is 5.11 Å². The van der Waals surface area contributed by atoms with Gasteiger partial charge in [-0.15, -0.1) is 0 Å². The van der Waals surface area contributed by atoms with Crippen LogP contribution in [0.5, 0.6) is 0 Å². The van der Waals surface area contributed by atoms with E-state index in [9.17, 15) is 0 Å². The molecular formula is C2H11N3OS2. The summed E-state index contributed by atoms with van der Waals surface area (Å²) in [6.07, 6.45) is 0. The molecule has 0 atom stereocenters. The Labute approximate surface area is 59.9 Å². The van der Waals surface area contributed by atoms with Crippen LogP contribution in [-0.4, -0.2) is 22.0 Å². The van der Waals surface area contributed by atoms with Crippen LogP contribution >= 0.6 is 25.6 Å². The van der Waals surface area contributed by atoms with Crippen molar-refractivity contribution in [1.29, 1.82) is 0 Å². The van der Waals surface area contributed by atoms with Crippen molar-refractivity contribution in [3.63, 3.8) is 0 Å². The van der Waals surface area contributed by atoms with E-state index in [0.717, 1.165) is 0 Å². The largest absolute Gasteiger partial charge is 0.395 e. The molecule has 0 amide bonds. The summed E-state index contributed by atoms with van der Waals surface area (Å²) in [4.78, 5) is 0. The maximum atomic E-state index is 8.10. The molecule has 0 fully saturated rings. The van der Waals surface area contributed by atoms with Crippen molar-refractivity contribution < 1.29 is 5.11 Å². The average Bonchev–Trinajstić information content (AvgIpc) is 1.72. The second-order valence-electron chi connectivity index (χ2n) is 0.819. The van der Waals surface area contributed by atoms with Gasteiger partial charge in [0.05, 0.1) is 6.61 Å². The number of nitrogens with zero attached hydrogens (tertiary/aromatic N) is 1. The van der Waals surface area contributed by atoms with Crippen molar-refractivity contribution in [1.82, 2.24) is 3.71 Å². The third kappa shape index (κ3) is 16.0. The van der Waals surface area contributed by atoms with Crippen LogP contribution in [0.2, 0.25) is 0 Å². The average molecular weight is 157 g/mol. The molecule has 52 valence electrons. The van der Waals surface area contributed by atoms with Crippen molar-refractivity contribution in [2.24, 2.45) is 11.7 Å². The Bertz CT molecular complexity index is 36.5. The molecule has 0 radical (unpaired) electrons. The Morgan fingerprint density at radius 1 is 1.38 bits per heavy atom. The zero-order valence-electron chi connectivity index (χ0n) is 4.36. The minimum absolute atomic E-state index is 0.104. The summed E-state index contributed by atoms with van der Waals surface area (Å²) < 4.78 is 1.32. The normalized spacial score (nSPS) is 8.25. The number of rotatable bonds is 2. The molecule has 0 saturated carbocycles. The van der Waals surface area contributed by atoms with Crippen LogP contribution in [0, 0.1) is 0 Å². The van der Waals surface area contributed by atoms with Crippen molar-refractivity contribution in [3.8, 4) is 0 Å². The summed E-state index contributed by atoms with van der Waals surface area (Å²) in [7, 11) is 0. The summed E-state index contributed by atoms with van der Waals surface area (Å²) >= 11 is 7.43. The summed E-state index contributed by atoms with van der Waals surface area (Å²) in [6, 6.07) is 0. The maximum absolute atomic E-state index is 8.10. The molecule has 0 aromatic rings. The van der Waals surface area contributed by atoms with E-state index in [1.807, 2.05) is 0 Å². The summed E-state index contributed by atoms with van der Waals surface area (Å²) in [5, 5.41) is 8.10. The number of nitrogens with two attached hydrogens (primary N) is 2. The van der Waals surface area contributed by atoms with Gasteiger partial charge in [0.15, 0.2) is 0 Å². The lowest BCUT2D eigenvalue weighted by Crippen LogP contribution is -2.03. The number of hydrogen-bond donors (Lipinski definition) is 5. The minimum atomic E-state index is 0.104. The van der Waals surface area contributed by atoms with Crippen LogP contribution < -0.4 is 11.7 Å².